The lowest BCUT2D eigenvalue weighted by Crippen LogP contribution is -2.43. The van der Waals surface area contributed by atoms with E-state index in [0.29, 0.717) is 37.4 Å². The fourth-order valence-electron chi connectivity index (χ4n) is 4.12. The van der Waals surface area contributed by atoms with Gasteiger partial charge in [-0.2, -0.15) is 4.31 Å². The van der Waals surface area contributed by atoms with Gasteiger partial charge in [-0.05, 0) is 54.5 Å². The summed E-state index contributed by atoms with van der Waals surface area (Å²) in [6.07, 6.45) is 1.96. The normalized spacial score (nSPS) is 15.9. The molecule has 0 saturated carbocycles. The minimum Gasteiger partial charge on any atom is -0.375 e. The Morgan fingerprint density at radius 3 is 2.21 bits per heavy atom. The first kappa shape index (κ1) is 25.2. The number of hydrogen-bond acceptors (Lipinski definition) is 4. The molecule has 0 bridgehead atoms. The molecule has 2 aromatic carbocycles. The molecule has 33 heavy (non-hydrogen) atoms. The number of carbonyl (C=O) groups excluding carboxylic acids is 1. The maximum atomic E-state index is 13.0. The van der Waals surface area contributed by atoms with Crippen LogP contribution in [-0.2, 0) is 20.2 Å². The van der Waals surface area contributed by atoms with E-state index in [0.717, 1.165) is 24.2 Å². The van der Waals surface area contributed by atoms with Crippen LogP contribution in [0.4, 0.5) is 5.69 Å². The van der Waals surface area contributed by atoms with Crippen molar-refractivity contribution in [3.8, 4) is 0 Å². The van der Waals surface area contributed by atoms with Crippen LogP contribution in [0.2, 0.25) is 0 Å². The fraction of sp³-hybridized carbons (Fsp3) is 0.500. The van der Waals surface area contributed by atoms with E-state index >= 15 is 0 Å². The van der Waals surface area contributed by atoms with Crippen LogP contribution in [0.5, 0.6) is 0 Å². The fourth-order valence-corrected chi connectivity index (χ4v) is 5.59. The minimum atomic E-state index is -3.53. The molecule has 0 radical (unpaired) electrons. The first-order valence-corrected chi connectivity index (χ1v) is 13.2. The van der Waals surface area contributed by atoms with Crippen LogP contribution in [0, 0.1) is 5.92 Å². The Balaban J connectivity index is 1.44. The molecule has 1 fully saturated rings. The predicted octanol–water partition coefficient (Wildman–Crippen LogP) is 4.03. The first-order valence-electron chi connectivity index (χ1n) is 11.7. The van der Waals surface area contributed by atoms with Gasteiger partial charge >= 0.3 is 0 Å². The zero-order valence-electron chi connectivity index (χ0n) is 20.3. The Morgan fingerprint density at radius 1 is 1.03 bits per heavy atom. The molecular weight excluding hydrogens is 434 g/mol. The summed E-state index contributed by atoms with van der Waals surface area (Å²) < 4.78 is 27.6. The first-order chi connectivity index (χ1) is 15.6. The highest BCUT2D eigenvalue weighted by molar-refractivity contribution is 7.89. The van der Waals surface area contributed by atoms with Crippen molar-refractivity contribution in [3.05, 3.63) is 60.2 Å². The Bertz CT molecular complexity index is 1010. The third-order valence-corrected chi connectivity index (χ3v) is 8.26. The Morgan fingerprint density at radius 2 is 1.64 bits per heavy atom. The number of benzene rings is 2. The third kappa shape index (κ3) is 6.58. The summed E-state index contributed by atoms with van der Waals surface area (Å²) in [5.74, 6) is -0.101. The minimum absolute atomic E-state index is 0.0229. The summed E-state index contributed by atoms with van der Waals surface area (Å²) in [5.41, 5.74) is 2.24. The molecule has 0 spiro atoms. The van der Waals surface area contributed by atoms with Gasteiger partial charge in [0.25, 0.3) is 0 Å². The molecule has 3 rings (SSSR count). The molecule has 1 saturated heterocycles. The van der Waals surface area contributed by atoms with E-state index in [2.05, 4.69) is 43.1 Å². The quantitative estimate of drug-likeness (QED) is 0.590. The zero-order valence-corrected chi connectivity index (χ0v) is 21.1. The number of hydrogen-bond donors (Lipinski definition) is 1. The van der Waals surface area contributed by atoms with Gasteiger partial charge in [0, 0.05) is 44.8 Å². The van der Waals surface area contributed by atoms with E-state index in [9.17, 15) is 13.2 Å². The van der Waals surface area contributed by atoms with E-state index in [4.69, 9.17) is 0 Å². The smallest absolute Gasteiger partial charge is 0.243 e. The summed E-state index contributed by atoms with van der Waals surface area (Å²) in [6.45, 7) is 8.54. The van der Waals surface area contributed by atoms with Gasteiger partial charge in [-0.3, -0.25) is 4.79 Å². The number of nitrogens with one attached hydrogen (secondary N) is 1. The third-order valence-electron chi connectivity index (χ3n) is 6.35. The van der Waals surface area contributed by atoms with Crippen molar-refractivity contribution in [2.45, 2.75) is 50.3 Å². The maximum absolute atomic E-state index is 13.0. The van der Waals surface area contributed by atoms with Gasteiger partial charge in [0.15, 0.2) is 0 Å². The lowest BCUT2D eigenvalue weighted by Gasteiger charge is -2.30. The van der Waals surface area contributed by atoms with Crippen LogP contribution in [0.25, 0.3) is 0 Å². The SMILES string of the molecule is CN(CCCNC(=O)C1CCN(S(=O)(=O)c2ccc(C(C)(C)C)cc2)CC1)c1ccccc1. The second-order valence-electron chi connectivity index (χ2n) is 9.85. The Kier molecular flexibility index (Phi) is 8.19. The van der Waals surface area contributed by atoms with Gasteiger partial charge in [0.05, 0.1) is 4.90 Å². The van der Waals surface area contributed by atoms with Crippen molar-refractivity contribution in [1.29, 1.82) is 0 Å². The van der Waals surface area contributed by atoms with Crippen molar-refractivity contribution in [2.24, 2.45) is 5.92 Å². The molecule has 1 heterocycles. The van der Waals surface area contributed by atoms with E-state index in [1.54, 1.807) is 12.1 Å². The molecule has 1 amide bonds. The number of para-hydroxylation sites is 1. The van der Waals surface area contributed by atoms with Crippen LogP contribution in [0.1, 0.15) is 45.6 Å². The topological polar surface area (TPSA) is 69.7 Å². The van der Waals surface area contributed by atoms with Crippen LogP contribution >= 0.6 is 0 Å². The standard InChI is InChI=1S/C26H37N3O3S/c1-26(2,3)22-11-13-24(14-12-22)33(31,32)29-19-15-21(16-20-29)25(30)27-17-8-18-28(4)23-9-6-5-7-10-23/h5-7,9-14,21H,8,15-20H2,1-4H3,(H,27,30). The van der Waals surface area contributed by atoms with Crippen molar-refractivity contribution in [1.82, 2.24) is 9.62 Å². The molecule has 7 heteroatoms. The van der Waals surface area contributed by atoms with Gasteiger partial charge in [0.2, 0.25) is 15.9 Å². The summed E-state index contributed by atoms with van der Waals surface area (Å²) >= 11 is 0. The number of nitrogens with zero attached hydrogens (tertiary/aromatic N) is 2. The van der Waals surface area contributed by atoms with Crippen molar-refractivity contribution >= 4 is 21.6 Å². The van der Waals surface area contributed by atoms with Gasteiger partial charge < -0.3 is 10.2 Å². The van der Waals surface area contributed by atoms with Crippen molar-refractivity contribution < 1.29 is 13.2 Å². The number of anilines is 1. The average molecular weight is 472 g/mol. The largest absolute Gasteiger partial charge is 0.375 e. The second kappa shape index (κ2) is 10.7. The molecular formula is C26H37N3O3S. The zero-order chi connectivity index (χ0) is 24.1. The highest BCUT2D eigenvalue weighted by Crippen LogP contribution is 2.27. The second-order valence-corrected chi connectivity index (χ2v) is 11.8. The molecule has 6 nitrogen and oxygen atoms in total. The molecule has 1 aliphatic heterocycles. The van der Waals surface area contributed by atoms with Gasteiger partial charge in [-0.25, -0.2) is 8.42 Å². The van der Waals surface area contributed by atoms with Gasteiger partial charge in [0.1, 0.15) is 0 Å². The number of piperidine rings is 1. The predicted molar refractivity (Wildman–Crippen MR) is 134 cm³/mol. The van der Waals surface area contributed by atoms with Crippen LogP contribution < -0.4 is 10.2 Å². The molecule has 1 N–H and O–H groups in total. The molecule has 180 valence electrons. The Labute approximate surface area is 199 Å². The van der Waals surface area contributed by atoms with E-state index in [1.165, 1.54) is 4.31 Å². The van der Waals surface area contributed by atoms with Gasteiger partial charge in [-0.1, -0.05) is 51.1 Å². The monoisotopic (exact) mass is 471 g/mol. The summed E-state index contributed by atoms with van der Waals surface area (Å²) in [5, 5.41) is 3.03. The van der Waals surface area contributed by atoms with Gasteiger partial charge in [-0.15, -0.1) is 0 Å². The molecule has 0 atom stereocenters. The summed E-state index contributed by atoms with van der Waals surface area (Å²) in [7, 11) is -1.49. The van der Waals surface area contributed by atoms with Crippen LogP contribution in [-0.4, -0.2) is 51.9 Å². The lowest BCUT2D eigenvalue weighted by molar-refractivity contribution is -0.126. The Hall–Kier alpha value is -2.38. The van der Waals surface area contributed by atoms with Crippen LogP contribution in [0.3, 0.4) is 0 Å². The highest BCUT2D eigenvalue weighted by Gasteiger charge is 2.32. The highest BCUT2D eigenvalue weighted by atomic mass is 32.2. The number of sulfonamides is 1. The lowest BCUT2D eigenvalue weighted by atomic mass is 9.87. The molecule has 0 aromatic heterocycles. The number of rotatable bonds is 8. The van der Waals surface area contributed by atoms with Crippen molar-refractivity contribution in [3.63, 3.8) is 0 Å². The number of amides is 1. The average Bonchev–Trinajstić information content (AvgIpc) is 2.81. The van der Waals surface area contributed by atoms with E-state index < -0.39 is 10.0 Å². The number of carbonyl (C=O) groups is 1. The van der Waals surface area contributed by atoms with E-state index in [1.807, 2.05) is 37.4 Å². The van der Waals surface area contributed by atoms with Crippen molar-refractivity contribution in [2.75, 3.05) is 38.1 Å². The molecule has 0 aliphatic carbocycles. The summed E-state index contributed by atoms with van der Waals surface area (Å²) in [4.78, 5) is 15.1. The van der Waals surface area contributed by atoms with E-state index in [-0.39, 0.29) is 17.2 Å². The molecule has 0 unspecified atom stereocenters. The van der Waals surface area contributed by atoms with Crippen LogP contribution in [0.15, 0.2) is 59.5 Å². The summed E-state index contributed by atoms with van der Waals surface area (Å²) in [6, 6.07) is 17.3. The molecule has 1 aliphatic rings. The molecule has 2 aromatic rings. The maximum Gasteiger partial charge on any atom is 0.243 e.